The van der Waals surface area contributed by atoms with E-state index in [4.69, 9.17) is 16.2 Å². The molecule has 0 radical (unpaired) electrons. The summed E-state index contributed by atoms with van der Waals surface area (Å²) in [7, 11) is 1.59. The molecule has 5 nitrogen and oxygen atoms in total. The van der Waals surface area contributed by atoms with Gasteiger partial charge in [0.05, 0.1) is 24.2 Å². The monoisotopic (exact) mass is 335 g/mol. The van der Waals surface area contributed by atoms with Crippen LogP contribution in [0.15, 0.2) is 40.9 Å². The predicted octanol–water partition coefficient (Wildman–Crippen LogP) is 2.88. The second-order valence-corrected chi connectivity index (χ2v) is 4.99. The van der Waals surface area contributed by atoms with E-state index in [1.807, 2.05) is 18.2 Å². The molecule has 0 fully saturated rings. The second kappa shape index (κ2) is 5.83. The number of hydrogen-bond donors (Lipinski definition) is 3. The Morgan fingerprint density at radius 1 is 1.20 bits per heavy atom. The van der Waals surface area contributed by atoms with Crippen molar-refractivity contribution in [3.63, 3.8) is 0 Å². The summed E-state index contributed by atoms with van der Waals surface area (Å²) >= 11 is 3.44. The first-order chi connectivity index (χ1) is 9.51. The molecular weight excluding hydrogens is 322 g/mol. The third-order valence-electron chi connectivity index (χ3n) is 2.78. The molecule has 104 valence electrons. The summed E-state index contributed by atoms with van der Waals surface area (Å²) in [4.78, 5) is 11.2. The SMILES string of the molecule is COc1ccc(Br)c(Nc2cc(C(N)=O)ccc2N)c1. The number of nitrogens with two attached hydrogens (primary N) is 2. The van der Waals surface area contributed by atoms with Gasteiger partial charge in [-0.2, -0.15) is 0 Å². The van der Waals surface area contributed by atoms with Gasteiger partial charge >= 0.3 is 0 Å². The molecule has 0 aliphatic carbocycles. The van der Waals surface area contributed by atoms with Crippen molar-refractivity contribution in [2.45, 2.75) is 0 Å². The van der Waals surface area contributed by atoms with Crippen LogP contribution in [0.3, 0.4) is 0 Å². The maximum atomic E-state index is 11.2. The molecule has 0 saturated carbocycles. The number of primary amides is 1. The van der Waals surface area contributed by atoms with Gasteiger partial charge in [0, 0.05) is 16.1 Å². The quantitative estimate of drug-likeness (QED) is 0.749. The average Bonchev–Trinajstić information content (AvgIpc) is 2.43. The van der Waals surface area contributed by atoms with Crippen LogP contribution >= 0.6 is 15.9 Å². The minimum absolute atomic E-state index is 0.390. The summed E-state index contributed by atoms with van der Waals surface area (Å²) in [5, 5.41) is 3.15. The Kier molecular flexibility index (Phi) is 4.14. The fourth-order valence-electron chi connectivity index (χ4n) is 1.69. The molecule has 0 bridgehead atoms. The molecule has 0 saturated heterocycles. The standard InChI is InChI=1S/C14H14BrN3O2/c1-20-9-3-4-10(15)12(7-9)18-13-6-8(14(17)19)2-5-11(13)16/h2-7,18H,16H2,1H3,(H2,17,19). The van der Waals surface area contributed by atoms with Gasteiger partial charge < -0.3 is 21.5 Å². The Morgan fingerprint density at radius 2 is 1.95 bits per heavy atom. The Bertz CT molecular complexity index is 659. The van der Waals surface area contributed by atoms with Gasteiger partial charge in [-0.1, -0.05) is 0 Å². The number of rotatable bonds is 4. The lowest BCUT2D eigenvalue weighted by atomic mass is 10.1. The van der Waals surface area contributed by atoms with Crippen LogP contribution in [0.25, 0.3) is 0 Å². The van der Waals surface area contributed by atoms with Crippen molar-refractivity contribution < 1.29 is 9.53 Å². The van der Waals surface area contributed by atoms with Gasteiger partial charge in [0.15, 0.2) is 0 Å². The number of hydrogen-bond acceptors (Lipinski definition) is 4. The summed E-state index contributed by atoms with van der Waals surface area (Å²) in [5.41, 5.74) is 13.5. The van der Waals surface area contributed by atoms with E-state index in [-0.39, 0.29) is 0 Å². The Balaban J connectivity index is 2.38. The minimum Gasteiger partial charge on any atom is -0.497 e. The molecule has 20 heavy (non-hydrogen) atoms. The van der Waals surface area contributed by atoms with Crippen molar-refractivity contribution >= 4 is 38.9 Å². The topological polar surface area (TPSA) is 90.4 Å². The van der Waals surface area contributed by atoms with Gasteiger partial charge in [-0.3, -0.25) is 4.79 Å². The van der Waals surface area contributed by atoms with Crippen LogP contribution in [0.5, 0.6) is 5.75 Å². The van der Waals surface area contributed by atoms with E-state index < -0.39 is 5.91 Å². The Labute approximate surface area is 125 Å². The molecule has 0 unspecified atom stereocenters. The molecule has 2 aromatic rings. The Morgan fingerprint density at radius 3 is 2.60 bits per heavy atom. The number of anilines is 3. The largest absolute Gasteiger partial charge is 0.497 e. The summed E-state index contributed by atoms with van der Waals surface area (Å²) in [5.74, 6) is 0.207. The van der Waals surface area contributed by atoms with Crippen LogP contribution < -0.4 is 21.5 Å². The lowest BCUT2D eigenvalue weighted by Crippen LogP contribution is -2.11. The first-order valence-electron chi connectivity index (χ1n) is 5.81. The van der Waals surface area contributed by atoms with Gasteiger partial charge in [0.2, 0.25) is 5.91 Å². The molecule has 2 aromatic carbocycles. The highest BCUT2D eigenvalue weighted by Gasteiger charge is 2.08. The fourth-order valence-corrected chi connectivity index (χ4v) is 2.04. The molecule has 0 aromatic heterocycles. The predicted molar refractivity (Wildman–Crippen MR) is 83.3 cm³/mol. The number of halogens is 1. The summed E-state index contributed by atoms with van der Waals surface area (Å²) in [6, 6.07) is 10.3. The molecule has 1 amide bonds. The van der Waals surface area contributed by atoms with E-state index >= 15 is 0 Å². The number of benzene rings is 2. The zero-order chi connectivity index (χ0) is 14.7. The number of methoxy groups -OCH3 is 1. The summed E-state index contributed by atoms with van der Waals surface area (Å²) in [6.07, 6.45) is 0. The van der Waals surface area contributed by atoms with Crippen LogP contribution in [-0.2, 0) is 0 Å². The highest BCUT2D eigenvalue weighted by atomic mass is 79.9. The lowest BCUT2D eigenvalue weighted by Gasteiger charge is -2.13. The van der Waals surface area contributed by atoms with Crippen molar-refractivity contribution in [2.24, 2.45) is 5.73 Å². The molecule has 0 aliphatic rings. The smallest absolute Gasteiger partial charge is 0.248 e. The van der Waals surface area contributed by atoms with E-state index in [0.29, 0.717) is 22.7 Å². The summed E-state index contributed by atoms with van der Waals surface area (Å²) < 4.78 is 6.02. The van der Waals surface area contributed by atoms with Crippen LogP contribution in [0.1, 0.15) is 10.4 Å². The molecule has 0 spiro atoms. The maximum absolute atomic E-state index is 11.2. The maximum Gasteiger partial charge on any atom is 0.248 e. The number of nitrogens with one attached hydrogen (secondary N) is 1. The van der Waals surface area contributed by atoms with Crippen molar-refractivity contribution in [1.82, 2.24) is 0 Å². The number of nitrogen functional groups attached to an aromatic ring is 1. The normalized spacial score (nSPS) is 10.1. The molecular formula is C14H14BrN3O2. The lowest BCUT2D eigenvalue weighted by molar-refractivity contribution is 0.100. The highest BCUT2D eigenvalue weighted by Crippen LogP contribution is 2.32. The van der Waals surface area contributed by atoms with Gasteiger partial charge in [0.1, 0.15) is 5.75 Å². The molecule has 0 heterocycles. The van der Waals surface area contributed by atoms with Crippen LogP contribution in [0.2, 0.25) is 0 Å². The van der Waals surface area contributed by atoms with Crippen LogP contribution in [0, 0.1) is 0 Å². The van der Waals surface area contributed by atoms with E-state index in [0.717, 1.165) is 10.2 Å². The van der Waals surface area contributed by atoms with Crippen molar-refractivity contribution in [3.05, 3.63) is 46.4 Å². The second-order valence-electron chi connectivity index (χ2n) is 4.14. The first-order valence-corrected chi connectivity index (χ1v) is 6.60. The zero-order valence-electron chi connectivity index (χ0n) is 10.8. The summed E-state index contributed by atoms with van der Waals surface area (Å²) in [6.45, 7) is 0. The Hall–Kier alpha value is -2.21. The number of amides is 1. The van der Waals surface area contributed by atoms with E-state index in [2.05, 4.69) is 21.2 Å². The van der Waals surface area contributed by atoms with Crippen molar-refractivity contribution in [1.29, 1.82) is 0 Å². The molecule has 2 rings (SSSR count). The van der Waals surface area contributed by atoms with Gasteiger partial charge in [-0.25, -0.2) is 0 Å². The number of carbonyl (C=O) groups excluding carboxylic acids is 1. The number of carbonyl (C=O) groups is 1. The van der Waals surface area contributed by atoms with E-state index in [1.54, 1.807) is 25.3 Å². The molecule has 6 heteroatoms. The minimum atomic E-state index is -0.502. The first kappa shape index (κ1) is 14.2. The molecule has 5 N–H and O–H groups in total. The van der Waals surface area contributed by atoms with Crippen molar-refractivity contribution in [2.75, 3.05) is 18.2 Å². The number of ether oxygens (including phenoxy) is 1. The highest BCUT2D eigenvalue weighted by molar-refractivity contribution is 9.10. The third-order valence-corrected chi connectivity index (χ3v) is 3.47. The van der Waals surface area contributed by atoms with Gasteiger partial charge in [0.25, 0.3) is 0 Å². The fraction of sp³-hybridized carbons (Fsp3) is 0.0714. The van der Waals surface area contributed by atoms with Gasteiger partial charge in [-0.15, -0.1) is 0 Å². The van der Waals surface area contributed by atoms with Crippen LogP contribution in [-0.4, -0.2) is 13.0 Å². The van der Waals surface area contributed by atoms with Gasteiger partial charge in [-0.05, 0) is 46.3 Å². The van der Waals surface area contributed by atoms with E-state index in [1.165, 1.54) is 0 Å². The molecule has 0 atom stereocenters. The average molecular weight is 336 g/mol. The third kappa shape index (κ3) is 3.03. The van der Waals surface area contributed by atoms with Crippen LogP contribution in [0.4, 0.5) is 17.1 Å². The van der Waals surface area contributed by atoms with E-state index in [9.17, 15) is 4.79 Å². The zero-order valence-corrected chi connectivity index (χ0v) is 12.4. The van der Waals surface area contributed by atoms with Crippen molar-refractivity contribution in [3.8, 4) is 5.75 Å². The molecule has 0 aliphatic heterocycles.